The van der Waals surface area contributed by atoms with E-state index in [4.69, 9.17) is 17.4 Å². The molecule has 0 N–H and O–H groups in total. The first kappa shape index (κ1) is 22.2. The van der Waals surface area contributed by atoms with Crippen molar-refractivity contribution < 1.29 is 51.8 Å². The topological polar surface area (TPSA) is 87.4 Å². The van der Waals surface area contributed by atoms with Crippen LogP contribution in [-0.4, -0.2) is 18.5 Å². The van der Waals surface area contributed by atoms with E-state index in [1.807, 2.05) is 42.5 Å². The smallest absolute Gasteiger partial charge is 0.485 e. The molecule has 0 aliphatic heterocycles. The summed E-state index contributed by atoms with van der Waals surface area (Å²) in [4.78, 5) is 12.6. The van der Waals surface area contributed by atoms with Gasteiger partial charge in [-0.05, 0) is 36.4 Å². The summed E-state index contributed by atoms with van der Waals surface area (Å²) in [5, 5.41) is 1.32. The zero-order valence-corrected chi connectivity index (χ0v) is 17.9. The van der Waals surface area contributed by atoms with Crippen LogP contribution in [0.4, 0.5) is 13.2 Å². The van der Waals surface area contributed by atoms with Crippen molar-refractivity contribution in [2.75, 3.05) is 0 Å². The van der Waals surface area contributed by atoms with Gasteiger partial charge in [0.1, 0.15) is 11.2 Å². The summed E-state index contributed by atoms with van der Waals surface area (Å²) in [7, 11) is -6.09. The Morgan fingerprint density at radius 2 is 1.37 bits per heavy atom. The SMILES string of the molecule is O=S(=O)([O-])C(F)(F)F.O=c1c2ccccc2oc2ccc([I+]c3ccccc3)cc12. The molecule has 3 aromatic carbocycles. The van der Waals surface area contributed by atoms with E-state index < -0.39 is 15.6 Å². The number of halogens is 4. The van der Waals surface area contributed by atoms with Gasteiger partial charge in [0.2, 0.25) is 5.43 Å². The molecule has 4 rings (SSSR count). The van der Waals surface area contributed by atoms with Crippen LogP contribution in [0, 0.1) is 7.14 Å². The second-order valence-electron chi connectivity index (χ2n) is 5.86. The Balaban J connectivity index is 0.000000275. The first-order valence-electron chi connectivity index (χ1n) is 8.24. The highest BCUT2D eigenvalue weighted by atomic mass is 127. The van der Waals surface area contributed by atoms with Crippen LogP contribution in [-0.2, 0) is 10.1 Å². The predicted octanol–water partition coefficient (Wildman–Crippen LogP) is 1.13. The maximum atomic E-state index is 12.6. The molecular weight excluding hydrogens is 536 g/mol. The van der Waals surface area contributed by atoms with Crippen molar-refractivity contribution in [1.82, 2.24) is 0 Å². The summed E-state index contributed by atoms with van der Waals surface area (Å²) in [5.41, 5.74) is -4.29. The van der Waals surface area contributed by atoms with Crippen LogP contribution in [0.1, 0.15) is 0 Å². The molecule has 1 heterocycles. The Labute approximate surface area is 179 Å². The highest BCUT2D eigenvalue weighted by molar-refractivity contribution is 7.86. The standard InChI is InChI=1S/C19H12IO2.CHF3O3S/c21-19-15-8-4-5-9-17(15)22-18-11-10-14(12-16(18)19)20-13-6-2-1-3-7-13;2-1(3,4)8(5,6)7/h1-12H;(H,5,6,7)/q+1;/p-1. The van der Waals surface area contributed by atoms with E-state index in [9.17, 15) is 18.0 Å². The molecule has 0 saturated heterocycles. The van der Waals surface area contributed by atoms with E-state index in [0.717, 1.165) is 0 Å². The number of benzene rings is 3. The Hall–Kier alpha value is -2.44. The second-order valence-corrected chi connectivity index (χ2v) is 10.3. The van der Waals surface area contributed by atoms with Crippen LogP contribution in [0.25, 0.3) is 21.9 Å². The van der Waals surface area contributed by atoms with Gasteiger partial charge in [0.25, 0.3) is 0 Å². The Bertz CT molecular complexity index is 1350. The molecule has 0 aliphatic rings. The van der Waals surface area contributed by atoms with E-state index in [0.29, 0.717) is 21.9 Å². The van der Waals surface area contributed by atoms with Crippen LogP contribution in [0.3, 0.4) is 0 Å². The number of fused-ring (bicyclic) bond motifs is 2. The first-order chi connectivity index (χ1) is 14.1. The van der Waals surface area contributed by atoms with Crippen molar-refractivity contribution in [3.63, 3.8) is 0 Å². The summed E-state index contributed by atoms with van der Waals surface area (Å²) in [6, 6.07) is 23.8. The number of hydrogen-bond donors (Lipinski definition) is 0. The van der Waals surface area contributed by atoms with Crippen LogP contribution >= 0.6 is 0 Å². The lowest BCUT2D eigenvalue weighted by Gasteiger charge is -2.08. The Morgan fingerprint density at radius 3 is 2.00 bits per heavy atom. The second kappa shape index (κ2) is 8.74. The summed E-state index contributed by atoms with van der Waals surface area (Å²) in [5.74, 6) is 0. The largest absolute Gasteiger partial charge is 0.741 e. The normalized spacial score (nSPS) is 11.9. The molecular formula is C20H12F3IO5S. The third kappa shape index (κ3) is 5.18. The molecule has 0 bridgehead atoms. The molecule has 0 spiro atoms. The summed E-state index contributed by atoms with van der Waals surface area (Å²) >= 11 is -0.284. The summed E-state index contributed by atoms with van der Waals surface area (Å²) in [6.45, 7) is 0. The zero-order valence-electron chi connectivity index (χ0n) is 14.9. The number of alkyl halides is 3. The molecule has 0 unspecified atom stereocenters. The van der Waals surface area contributed by atoms with Gasteiger partial charge in [-0.15, -0.1) is 0 Å². The lowest BCUT2D eigenvalue weighted by Crippen LogP contribution is -3.61. The van der Waals surface area contributed by atoms with Crippen molar-refractivity contribution in [2.45, 2.75) is 5.51 Å². The van der Waals surface area contributed by atoms with Gasteiger partial charge in [-0.1, -0.05) is 30.3 Å². The minimum absolute atomic E-state index is 0.0516. The fourth-order valence-corrected chi connectivity index (χ4v) is 4.76. The Kier molecular flexibility index (Phi) is 6.48. The molecule has 156 valence electrons. The van der Waals surface area contributed by atoms with E-state index in [-0.39, 0.29) is 26.6 Å². The minimum atomic E-state index is -6.09. The third-order valence-electron chi connectivity index (χ3n) is 3.77. The quantitative estimate of drug-likeness (QED) is 0.162. The van der Waals surface area contributed by atoms with Gasteiger partial charge in [-0.2, -0.15) is 13.2 Å². The van der Waals surface area contributed by atoms with Crippen LogP contribution < -0.4 is 26.6 Å². The number of para-hydroxylation sites is 1. The van der Waals surface area contributed by atoms with Crippen LogP contribution in [0.2, 0.25) is 0 Å². The van der Waals surface area contributed by atoms with E-state index in [1.54, 1.807) is 0 Å². The summed E-state index contributed by atoms with van der Waals surface area (Å²) in [6.07, 6.45) is 0. The molecule has 0 radical (unpaired) electrons. The van der Waals surface area contributed by atoms with Gasteiger partial charge in [-0.25, -0.2) is 8.42 Å². The van der Waals surface area contributed by atoms with Gasteiger partial charge in [0.05, 0.1) is 10.8 Å². The lowest BCUT2D eigenvalue weighted by molar-refractivity contribution is -0.597. The third-order valence-corrected chi connectivity index (χ3v) is 6.98. The van der Waals surface area contributed by atoms with Gasteiger partial charge in [0.15, 0.2) is 17.3 Å². The maximum absolute atomic E-state index is 12.6. The minimum Gasteiger partial charge on any atom is -0.741 e. The molecule has 1 aromatic heterocycles. The first-order valence-corrected chi connectivity index (χ1v) is 11.8. The van der Waals surface area contributed by atoms with E-state index in [1.165, 1.54) is 7.14 Å². The van der Waals surface area contributed by atoms with E-state index >= 15 is 0 Å². The van der Waals surface area contributed by atoms with Gasteiger partial charge < -0.3 is 8.97 Å². The van der Waals surface area contributed by atoms with Crippen LogP contribution in [0.5, 0.6) is 0 Å². The lowest BCUT2D eigenvalue weighted by atomic mass is 10.1. The van der Waals surface area contributed by atoms with Gasteiger partial charge in [0, 0.05) is 6.07 Å². The predicted molar refractivity (Wildman–Crippen MR) is 99.6 cm³/mol. The number of hydrogen-bond acceptors (Lipinski definition) is 5. The van der Waals surface area contributed by atoms with Gasteiger partial charge >= 0.3 is 26.7 Å². The zero-order chi connectivity index (χ0) is 21.9. The van der Waals surface area contributed by atoms with Gasteiger partial charge in [-0.3, -0.25) is 4.79 Å². The molecule has 30 heavy (non-hydrogen) atoms. The van der Waals surface area contributed by atoms with Crippen molar-refractivity contribution in [3.05, 3.63) is 90.2 Å². The molecule has 0 amide bonds. The Morgan fingerprint density at radius 1 is 0.800 bits per heavy atom. The number of rotatable bonds is 2. The molecule has 0 saturated carbocycles. The molecule has 0 atom stereocenters. The molecule has 4 aromatic rings. The average Bonchev–Trinajstić information content (AvgIpc) is 2.68. The average molecular weight is 548 g/mol. The monoisotopic (exact) mass is 548 g/mol. The van der Waals surface area contributed by atoms with E-state index in [2.05, 4.69) is 30.3 Å². The molecule has 0 aliphatic carbocycles. The summed E-state index contributed by atoms with van der Waals surface area (Å²) < 4.78 is 67.3. The van der Waals surface area contributed by atoms with Crippen molar-refractivity contribution in [1.29, 1.82) is 0 Å². The maximum Gasteiger partial charge on any atom is 0.485 e. The van der Waals surface area contributed by atoms with Crippen molar-refractivity contribution in [2.24, 2.45) is 0 Å². The van der Waals surface area contributed by atoms with Crippen molar-refractivity contribution >= 4 is 32.1 Å². The van der Waals surface area contributed by atoms with Crippen LogP contribution in [0.15, 0.2) is 82.0 Å². The van der Waals surface area contributed by atoms with Crippen molar-refractivity contribution in [3.8, 4) is 0 Å². The fraction of sp³-hybridized carbons (Fsp3) is 0.0500. The fourth-order valence-electron chi connectivity index (χ4n) is 2.44. The highest BCUT2D eigenvalue weighted by Crippen LogP contribution is 2.20. The highest BCUT2D eigenvalue weighted by Gasteiger charge is 2.36. The molecule has 5 nitrogen and oxygen atoms in total. The molecule has 10 heteroatoms. The molecule has 0 fully saturated rings.